The number of aryl methyl sites for hydroxylation is 1. The van der Waals surface area contributed by atoms with Crippen LogP contribution in [0, 0.1) is 30.6 Å². The number of hydrogen-bond donors (Lipinski definition) is 1. The van der Waals surface area contributed by atoms with Gasteiger partial charge in [0.1, 0.15) is 0 Å². The minimum absolute atomic E-state index is 0.442. The van der Waals surface area contributed by atoms with Crippen molar-refractivity contribution in [1.82, 2.24) is 0 Å². The molecule has 0 saturated heterocycles. The zero-order valence-corrected chi connectivity index (χ0v) is 14.9. The fraction of sp³-hybridized carbons (Fsp3) is 0.565. The number of benzene rings is 1. The van der Waals surface area contributed by atoms with E-state index in [2.05, 4.69) is 55.5 Å². The lowest BCUT2D eigenvalue weighted by atomic mass is 9.71. The molecule has 3 aliphatic rings. The summed E-state index contributed by atoms with van der Waals surface area (Å²) in [6.07, 6.45) is 17.3. The highest BCUT2D eigenvalue weighted by molar-refractivity contribution is 5.27. The lowest BCUT2D eigenvalue weighted by Gasteiger charge is -2.35. The van der Waals surface area contributed by atoms with E-state index in [9.17, 15) is 0 Å². The van der Waals surface area contributed by atoms with Crippen LogP contribution in [0.2, 0.25) is 0 Å². The Kier molecular flexibility index (Phi) is 4.63. The second kappa shape index (κ2) is 6.88. The van der Waals surface area contributed by atoms with Gasteiger partial charge in [0.2, 0.25) is 0 Å². The molecule has 5 unspecified atom stereocenters. The van der Waals surface area contributed by atoms with Crippen LogP contribution in [0.1, 0.15) is 55.6 Å². The van der Waals surface area contributed by atoms with Gasteiger partial charge in [-0.15, -0.1) is 0 Å². The van der Waals surface area contributed by atoms with E-state index >= 15 is 0 Å². The maximum Gasteiger partial charge on any atom is 0.00415 e. The zero-order valence-electron chi connectivity index (χ0n) is 14.9. The third-order valence-electron chi connectivity index (χ3n) is 6.85. The van der Waals surface area contributed by atoms with E-state index in [1.807, 2.05) is 0 Å². The molecule has 24 heavy (non-hydrogen) atoms. The van der Waals surface area contributed by atoms with Crippen LogP contribution in [0.25, 0.3) is 0 Å². The second-order valence-electron chi connectivity index (χ2n) is 8.44. The maximum atomic E-state index is 6.33. The van der Waals surface area contributed by atoms with Crippen LogP contribution in [-0.4, -0.2) is 6.04 Å². The van der Waals surface area contributed by atoms with Crippen molar-refractivity contribution in [3.8, 4) is 0 Å². The molecule has 2 saturated carbocycles. The van der Waals surface area contributed by atoms with E-state index in [0.717, 1.165) is 23.7 Å². The highest BCUT2D eigenvalue weighted by atomic mass is 14.6. The smallest absolute Gasteiger partial charge is 0.00415 e. The standard InChI is InChI=1S/C23H31N/c1-16-9-11-17(12-10-16)20-14-22(18-5-2-3-6-18)23(15-20)19-7-4-8-21(24)13-19/h2-3,5-6,9-12,18-23H,4,7-8,13-15,24H2,1H3. The van der Waals surface area contributed by atoms with Crippen molar-refractivity contribution < 1.29 is 0 Å². The average Bonchev–Trinajstić information content (AvgIpc) is 3.25. The summed E-state index contributed by atoms with van der Waals surface area (Å²) in [5, 5.41) is 0. The summed E-state index contributed by atoms with van der Waals surface area (Å²) < 4.78 is 0. The van der Waals surface area contributed by atoms with Gasteiger partial charge >= 0.3 is 0 Å². The molecule has 0 bridgehead atoms. The molecule has 0 aromatic heterocycles. The van der Waals surface area contributed by atoms with Crippen LogP contribution < -0.4 is 5.73 Å². The van der Waals surface area contributed by atoms with Crippen molar-refractivity contribution in [3.05, 3.63) is 59.7 Å². The van der Waals surface area contributed by atoms with Crippen molar-refractivity contribution in [3.63, 3.8) is 0 Å². The summed E-state index contributed by atoms with van der Waals surface area (Å²) in [4.78, 5) is 0. The van der Waals surface area contributed by atoms with E-state index < -0.39 is 0 Å². The molecule has 0 radical (unpaired) electrons. The highest BCUT2D eigenvalue weighted by Gasteiger charge is 2.42. The number of rotatable bonds is 3. The average molecular weight is 322 g/mol. The molecule has 1 nitrogen and oxygen atoms in total. The minimum atomic E-state index is 0.442. The summed E-state index contributed by atoms with van der Waals surface area (Å²) in [7, 11) is 0. The van der Waals surface area contributed by atoms with Crippen LogP contribution >= 0.6 is 0 Å². The lowest BCUT2D eigenvalue weighted by Crippen LogP contribution is -2.33. The molecular formula is C23H31N. The molecule has 2 N–H and O–H groups in total. The molecule has 3 aliphatic carbocycles. The predicted octanol–water partition coefficient (Wildman–Crippen LogP) is 5.36. The monoisotopic (exact) mass is 321 g/mol. The van der Waals surface area contributed by atoms with Crippen molar-refractivity contribution in [2.24, 2.45) is 29.4 Å². The third kappa shape index (κ3) is 3.24. The molecule has 0 aliphatic heterocycles. The van der Waals surface area contributed by atoms with Crippen LogP contribution in [0.4, 0.5) is 0 Å². The molecule has 0 spiro atoms. The molecule has 1 heteroatoms. The first-order valence-electron chi connectivity index (χ1n) is 9.88. The molecule has 128 valence electrons. The Morgan fingerprint density at radius 2 is 1.58 bits per heavy atom. The summed E-state index contributed by atoms with van der Waals surface area (Å²) in [6, 6.07) is 9.74. The highest BCUT2D eigenvalue weighted by Crippen LogP contribution is 2.52. The van der Waals surface area contributed by atoms with Crippen LogP contribution in [0.15, 0.2) is 48.6 Å². The van der Waals surface area contributed by atoms with Crippen LogP contribution in [0.3, 0.4) is 0 Å². The van der Waals surface area contributed by atoms with E-state index in [1.165, 1.54) is 44.1 Å². The van der Waals surface area contributed by atoms with Gasteiger partial charge in [0.05, 0.1) is 0 Å². The lowest BCUT2D eigenvalue weighted by molar-refractivity contribution is 0.175. The van der Waals surface area contributed by atoms with E-state index in [4.69, 9.17) is 5.73 Å². The van der Waals surface area contributed by atoms with Crippen molar-refractivity contribution in [2.45, 2.75) is 57.4 Å². The Balaban J connectivity index is 1.56. The normalized spacial score (nSPS) is 36.5. The number of allylic oxidation sites excluding steroid dienone is 4. The predicted molar refractivity (Wildman–Crippen MR) is 102 cm³/mol. The largest absolute Gasteiger partial charge is 0.328 e. The van der Waals surface area contributed by atoms with Gasteiger partial charge in [0.15, 0.2) is 0 Å². The van der Waals surface area contributed by atoms with Gasteiger partial charge in [0, 0.05) is 6.04 Å². The van der Waals surface area contributed by atoms with Gasteiger partial charge in [-0.25, -0.2) is 0 Å². The molecule has 5 atom stereocenters. The van der Waals surface area contributed by atoms with Crippen LogP contribution in [-0.2, 0) is 0 Å². The maximum absolute atomic E-state index is 6.33. The molecule has 4 rings (SSSR count). The summed E-state index contributed by atoms with van der Waals surface area (Å²) >= 11 is 0. The summed E-state index contributed by atoms with van der Waals surface area (Å²) in [6.45, 7) is 2.18. The van der Waals surface area contributed by atoms with Gasteiger partial charge in [-0.1, -0.05) is 67.0 Å². The fourth-order valence-electron chi connectivity index (χ4n) is 5.59. The molecular weight excluding hydrogens is 290 g/mol. The SMILES string of the molecule is Cc1ccc(C2CC(C3C=CC=C3)C(C3CCCC(N)C3)C2)cc1. The summed E-state index contributed by atoms with van der Waals surface area (Å²) in [5.74, 6) is 3.89. The zero-order chi connectivity index (χ0) is 16.5. The van der Waals surface area contributed by atoms with Crippen molar-refractivity contribution >= 4 is 0 Å². The van der Waals surface area contributed by atoms with Gasteiger partial charge < -0.3 is 5.73 Å². The summed E-state index contributed by atoms with van der Waals surface area (Å²) in [5.41, 5.74) is 9.25. The van der Waals surface area contributed by atoms with E-state index in [0.29, 0.717) is 12.0 Å². The number of hydrogen-bond acceptors (Lipinski definition) is 1. The Hall–Kier alpha value is -1.34. The Morgan fingerprint density at radius 3 is 2.29 bits per heavy atom. The topological polar surface area (TPSA) is 26.0 Å². The van der Waals surface area contributed by atoms with Gasteiger partial charge in [-0.3, -0.25) is 0 Å². The fourth-order valence-corrected chi connectivity index (χ4v) is 5.59. The Bertz CT molecular complexity index is 599. The minimum Gasteiger partial charge on any atom is -0.328 e. The second-order valence-corrected chi connectivity index (χ2v) is 8.44. The molecule has 0 amide bonds. The first-order valence-corrected chi connectivity index (χ1v) is 9.88. The van der Waals surface area contributed by atoms with Gasteiger partial charge in [-0.2, -0.15) is 0 Å². The van der Waals surface area contributed by atoms with Gasteiger partial charge in [0.25, 0.3) is 0 Å². The van der Waals surface area contributed by atoms with Crippen molar-refractivity contribution in [1.29, 1.82) is 0 Å². The third-order valence-corrected chi connectivity index (χ3v) is 6.85. The molecule has 1 aromatic rings. The molecule has 1 aromatic carbocycles. The molecule has 2 fully saturated rings. The molecule has 0 heterocycles. The first-order chi connectivity index (χ1) is 11.7. The van der Waals surface area contributed by atoms with Crippen molar-refractivity contribution in [2.75, 3.05) is 0 Å². The van der Waals surface area contributed by atoms with E-state index in [1.54, 1.807) is 5.56 Å². The quantitative estimate of drug-likeness (QED) is 0.796. The Labute approximate surface area is 147 Å². The number of nitrogens with two attached hydrogens (primary N) is 1. The first kappa shape index (κ1) is 16.1. The van der Waals surface area contributed by atoms with E-state index in [-0.39, 0.29) is 0 Å². The van der Waals surface area contributed by atoms with Gasteiger partial charge in [-0.05, 0) is 67.8 Å². The van der Waals surface area contributed by atoms with Crippen LogP contribution in [0.5, 0.6) is 0 Å². The Morgan fingerprint density at radius 1 is 0.875 bits per heavy atom.